The molecule has 0 aliphatic heterocycles. The lowest BCUT2D eigenvalue weighted by molar-refractivity contribution is 0.670. The molecule has 4 heteroatoms. The largest absolute Gasteiger partial charge is 0.314 e. The summed E-state index contributed by atoms with van der Waals surface area (Å²) in [6.07, 6.45) is 7.84. The fourth-order valence-corrected chi connectivity index (χ4v) is 10.9. The van der Waals surface area contributed by atoms with Gasteiger partial charge in [0, 0.05) is 74.7 Å². The SMILES string of the molecule is C=C1c2ccccc2-c2cc(N(c3ccccc3)c3cccc4sc5ccc(N(C6=CC=CCC6C)c6ccc7sc8ccccc8c7c6)cc5c34)ccc21. The van der Waals surface area contributed by atoms with Crippen molar-refractivity contribution in [3.05, 3.63) is 193 Å². The molecule has 0 amide bonds. The van der Waals surface area contributed by atoms with E-state index >= 15 is 0 Å². The van der Waals surface area contributed by atoms with Crippen LogP contribution in [0.25, 0.3) is 57.0 Å². The average Bonchev–Trinajstić information content (AvgIpc) is 3.89. The van der Waals surface area contributed by atoms with Crippen LogP contribution >= 0.6 is 22.7 Å². The molecule has 2 heterocycles. The van der Waals surface area contributed by atoms with Gasteiger partial charge in [0.05, 0.1) is 5.69 Å². The molecular weight excluding hydrogens is 705 g/mol. The fraction of sp³-hybridized carbons (Fsp3) is 0.0588. The Labute approximate surface area is 328 Å². The molecular formula is C51H36N2S2. The monoisotopic (exact) mass is 740 g/mol. The third-order valence-electron chi connectivity index (χ3n) is 11.4. The van der Waals surface area contributed by atoms with Crippen LogP contribution in [0.1, 0.15) is 24.5 Å². The van der Waals surface area contributed by atoms with E-state index in [2.05, 4.69) is 193 Å². The van der Waals surface area contributed by atoms with Gasteiger partial charge in [-0.05, 0) is 119 Å². The van der Waals surface area contributed by atoms with Crippen molar-refractivity contribution in [1.29, 1.82) is 0 Å². The van der Waals surface area contributed by atoms with Gasteiger partial charge in [0.1, 0.15) is 0 Å². The predicted octanol–water partition coefficient (Wildman–Crippen LogP) is 15.6. The van der Waals surface area contributed by atoms with Gasteiger partial charge in [0.2, 0.25) is 0 Å². The first-order valence-corrected chi connectivity index (χ1v) is 20.6. The summed E-state index contributed by atoms with van der Waals surface area (Å²) in [6.45, 7) is 6.83. The summed E-state index contributed by atoms with van der Waals surface area (Å²) >= 11 is 3.74. The minimum Gasteiger partial charge on any atom is -0.314 e. The van der Waals surface area contributed by atoms with Gasteiger partial charge in [-0.2, -0.15) is 0 Å². The molecule has 2 aliphatic carbocycles. The number of benzene rings is 7. The van der Waals surface area contributed by atoms with Crippen molar-refractivity contribution in [1.82, 2.24) is 0 Å². The zero-order valence-electron chi connectivity index (χ0n) is 30.4. The van der Waals surface area contributed by atoms with Crippen molar-refractivity contribution in [2.45, 2.75) is 13.3 Å². The maximum absolute atomic E-state index is 4.48. The Morgan fingerprint density at radius 3 is 1.98 bits per heavy atom. The third kappa shape index (κ3) is 5.13. The Morgan fingerprint density at radius 2 is 1.15 bits per heavy atom. The molecule has 0 spiro atoms. The zero-order valence-corrected chi connectivity index (χ0v) is 32.0. The number of hydrogen-bond acceptors (Lipinski definition) is 4. The van der Waals surface area contributed by atoms with E-state index in [0.29, 0.717) is 5.92 Å². The van der Waals surface area contributed by atoms with Crippen molar-refractivity contribution in [2.75, 3.05) is 9.80 Å². The second kappa shape index (κ2) is 12.7. The average molecular weight is 741 g/mol. The first kappa shape index (κ1) is 32.2. The Balaban J connectivity index is 1.12. The molecule has 2 nitrogen and oxygen atoms in total. The number of hydrogen-bond donors (Lipinski definition) is 0. The number of nitrogens with zero attached hydrogens (tertiary/aromatic N) is 2. The smallest absolute Gasteiger partial charge is 0.0554 e. The van der Waals surface area contributed by atoms with E-state index in [1.807, 2.05) is 22.7 Å². The topological polar surface area (TPSA) is 6.48 Å². The summed E-state index contributed by atoms with van der Waals surface area (Å²) in [4.78, 5) is 4.94. The summed E-state index contributed by atoms with van der Waals surface area (Å²) in [5, 5.41) is 5.16. The maximum atomic E-state index is 4.48. The molecule has 0 saturated carbocycles. The van der Waals surface area contributed by atoms with E-state index < -0.39 is 0 Å². The molecule has 9 aromatic rings. The molecule has 0 bridgehead atoms. The summed E-state index contributed by atoms with van der Waals surface area (Å²) in [5.74, 6) is 0.375. The van der Waals surface area contributed by atoms with Crippen LogP contribution in [0.5, 0.6) is 0 Å². The highest BCUT2D eigenvalue weighted by molar-refractivity contribution is 7.26. The van der Waals surface area contributed by atoms with Crippen LogP contribution in [-0.2, 0) is 0 Å². The Morgan fingerprint density at radius 1 is 0.509 bits per heavy atom. The lowest BCUT2D eigenvalue weighted by Gasteiger charge is -2.32. The summed E-state index contributed by atoms with van der Waals surface area (Å²) < 4.78 is 5.20. The summed E-state index contributed by atoms with van der Waals surface area (Å²) in [5.41, 5.74) is 13.1. The predicted molar refractivity (Wildman–Crippen MR) is 240 cm³/mol. The standard InChI is InChI=1S/C51H36N2S2/c1-32-13-6-10-19-45(32)53(36-24-27-48-43(30-36)41-18-9-11-21-47(41)54-48)37-25-28-49-44(31-37)51-46(20-12-22-50(51)55-49)52(34-14-4-3-5-15-34)35-23-26-39-33(2)38-16-7-8-17-40(38)42(39)29-35/h3-12,14-32H,2,13H2,1H3. The van der Waals surface area contributed by atoms with Crippen LogP contribution in [0.15, 0.2) is 182 Å². The van der Waals surface area contributed by atoms with E-state index in [9.17, 15) is 0 Å². The number of rotatable bonds is 6. The van der Waals surface area contributed by atoms with Crippen molar-refractivity contribution in [2.24, 2.45) is 5.92 Å². The molecule has 2 aromatic heterocycles. The van der Waals surface area contributed by atoms with Crippen molar-refractivity contribution >= 4 is 97.0 Å². The Kier molecular flexibility index (Phi) is 7.45. The van der Waals surface area contributed by atoms with Crippen molar-refractivity contribution < 1.29 is 0 Å². The van der Waals surface area contributed by atoms with Crippen LogP contribution in [0.4, 0.5) is 28.4 Å². The van der Waals surface area contributed by atoms with Gasteiger partial charge in [-0.25, -0.2) is 0 Å². The molecule has 2 aliphatic rings. The van der Waals surface area contributed by atoms with E-state index in [1.165, 1.54) is 85.4 Å². The molecule has 262 valence electrons. The van der Waals surface area contributed by atoms with E-state index in [1.54, 1.807) is 0 Å². The highest BCUT2D eigenvalue weighted by Gasteiger charge is 2.26. The van der Waals surface area contributed by atoms with Crippen LogP contribution in [-0.4, -0.2) is 0 Å². The van der Waals surface area contributed by atoms with Crippen LogP contribution in [0.2, 0.25) is 0 Å². The molecule has 7 aromatic carbocycles. The first-order valence-electron chi connectivity index (χ1n) is 18.9. The molecule has 0 radical (unpaired) electrons. The molecule has 0 N–H and O–H groups in total. The highest BCUT2D eigenvalue weighted by Crippen LogP contribution is 2.50. The van der Waals surface area contributed by atoms with Gasteiger partial charge in [-0.15, -0.1) is 22.7 Å². The number of allylic oxidation sites excluding steroid dienone is 4. The molecule has 0 saturated heterocycles. The van der Waals surface area contributed by atoms with E-state index in [0.717, 1.165) is 23.4 Å². The maximum Gasteiger partial charge on any atom is 0.0554 e. The molecule has 0 fully saturated rings. The molecule has 1 atom stereocenters. The van der Waals surface area contributed by atoms with Gasteiger partial charge in [-0.3, -0.25) is 0 Å². The van der Waals surface area contributed by atoms with Crippen LogP contribution in [0, 0.1) is 5.92 Å². The van der Waals surface area contributed by atoms with Gasteiger partial charge >= 0.3 is 0 Å². The second-order valence-electron chi connectivity index (χ2n) is 14.6. The van der Waals surface area contributed by atoms with Gasteiger partial charge < -0.3 is 9.80 Å². The van der Waals surface area contributed by atoms with Gasteiger partial charge in [0.15, 0.2) is 0 Å². The van der Waals surface area contributed by atoms with Crippen LogP contribution < -0.4 is 9.80 Å². The quantitative estimate of drug-likeness (QED) is 0.167. The van der Waals surface area contributed by atoms with Gasteiger partial charge in [-0.1, -0.05) is 98.5 Å². The van der Waals surface area contributed by atoms with Crippen molar-refractivity contribution in [3.63, 3.8) is 0 Å². The minimum atomic E-state index is 0.375. The summed E-state index contributed by atoms with van der Waals surface area (Å²) in [7, 11) is 0. The summed E-state index contributed by atoms with van der Waals surface area (Å²) in [6, 6.07) is 56.0. The lowest BCUT2D eigenvalue weighted by atomic mass is 9.96. The Bertz CT molecular complexity index is 3070. The first-order chi connectivity index (χ1) is 27.1. The number of anilines is 5. The fourth-order valence-electron chi connectivity index (χ4n) is 8.74. The normalized spacial score (nSPS) is 14.8. The van der Waals surface area contributed by atoms with Crippen LogP contribution in [0.3, 0.4) is 0 Å². The molecule has 11 rings (SSSR count). The Hall–Kier alpha value is -6.20. The number of thiophene rings is 2. The highest BCUT2D eigenvalue weighted by atomic mass is 32.1. The second-order valence-corrected chi connectivity index (χ2v) is 16.8. The van der Waals surface area contributed by atoms with E-state index in [4.69, 9.17) is 0 Å². The minimum absolute atomic E-state index is 0.375. The number of fused-ring (bicyclic) bond motifs is 9. The van der Waals surface area contributed by atoms with Gasteiger partial charge in [0.25, 0.3) is 0 Å². The molecule has 1 unspecified atom stereocenters. The lowest BCUT2D eigenvalue weighted by Crippen LogP contribution is -2.22. The zero-order chi connectivity index (χ0) is 36.6. The van der Waals surface area contributed by atoms with E-state index in [-0.39, 0.29) is 0 Å². The third-order valence-corrected chi connectivity index (χ3v) is 13.7. The number of para-hydroxylation sites is 1. The van der Waals surface area contributed by atoms with Crippen molar-refractivity contribution in [3.8, 4) is 11.1 Å². The molecule has 55 heavy (non-hydrogen) atoms.